The fourth-order valence-electron chi connectivity index (χ4n) is 10.9. The molecular weight excluding hydrogens is 556 g/mol. The molecule has 4 fully saturated rings. The number of allylic oxidation sites excluding steroid dienone is 2. The maximum atomic E-state index is 13.4. The van der Waals surface area contributed by atoms with E-state index in [1.807, 2.05) is 19.9 Å². The summed E-state index contributed by atoms with van der Waals surface area (Å²) in [6.45, 7) is 33.1. The Bertz CT molecular complexity index is 1070. The van der Waals surface area contributed by atoms with Gasteiger partial charge in [-0.2, -0.15) is 0 Å². The molecule has 0 aromatic carbocycles. The number of hydrogen-bond donors (Lipinski definition) is 1. The van der Waals surface area contributed by atoms with Gasteiger partial charge in [0.05, 0.1) is 18.1 Å². The topological polar surface area (TPSA) is 63.6 Å². The summed E-state index contributed by atoms with van der Waals surface area (Å²) in [5.74, 6) is 0.809. The summed E-state index contributed by atoms with van der Waals surface area (Å²) in [6.07, 6.45) is 13.4. The zero-order valence-electron chi connectivity index (χ0n) is 32.6. The van der Waals surface area contributed by atoms with E-state index in [2.05, 4.69) is 96.1 Å². The van der Waals surface area contributed by atoms with Gasteiger partial charge in [-0.05, 0) is 97.4 Å². The van der Waals surface area contributed by atoms with E-state index >= 15 is 0 Å². The fraction of sp³-hybridized carbons (Fsp3) is 0.902. The molecule has 5 aliphatic carbocycles. The highest BCUT2D eigenvalue weighted by Gasteiger charge is 2.75. The first-order chi connectivity index (χ1) is 20.5. The van der Waals surface area contributed by atoms with Crippen molar-refractivity contribution in [2.24, 2.45) is 55.7 Å². The van der Waals surface area contributed by atoms with E-state index in [-0.39, 0.29) is 44.7 Å². The van der Waals surface area contributed by atoms with Gasteiger partial charge in [0.25, 0.3) is 0 Å². The SMILES string of the molecule is CC.CC(C)(C)C.CCC.COC(=O)C12CCC(C)(C)CC1[C@]1(O)CCC3C4(C)C=CC(=O)C(C)(C)C4CCC3(C)[C@]1(C)CC2. The van der Waals surface area contributed by atoms with Gasteiger partial charge in [-0.1, -0.05) is 116 Å². The van der Waals surface area contributed by atoms with Crippen molar-refractivity contribution in [3.8, 4) is 0 Å². The predicted molar refractivity (Wildman–Crippen MR) is 190 cm³/mol. The smallest absolute Gasteiger partial charge is 0.312 e. The van der Waals surface area contributed by atoms with Gasteiger partial charge in [0, 0.05) is 16.7 Å². The second kappa shape index (κ2) is 13.4. The number of ketones is 1. The standard InChI is InChI=1S/C31H48O4.C5H12.C3H8.C2H6/c1-25(2)15-17-30(24(33)35-8)18-16-29(7)28(6)13-9-20-26(3,4)23(32)11-12-27(20,5)21(28)10-14-31(29,34)22(30)19-25;1-5(2,3)4;1-3-2;1-2/h11-12,20-22,34H,9-10,13-19H2,1-8H3;1-4H3;3H2,1-2H3;1-2H3/t20?,21?,22?,27?,28?,29-,30?,31+;;;/m0.../s1. The van der Waals surface area contributed by atoms with Gasteiger partial charge < -0.3 is 9.84 Å². The van der Waals surface area contributed by atoms with Gasteiger partial charge in [0.15, 0.2) is 5.78 Å². The zero-order chi connectivity index (χ0) is 35.1. The Morgan fingerprint density at radius 3 is 1.84 bits per heavy atom. The molecule has 5 aliphatic rings. The Hall–Kier alpha value is -1.16. The molecule has 0 heterocycles. The van der Waals surface area contributed by atoms with Crippen molar-refractivity contribution in [1.29, 1.82) is 0 Å². The molecule has 4 heteroatoms. The van der Waals surface area contributed by atoms with E-state index in [1.54, 1.807) is 0 Å². The van der Waals surface area contributed by atoms with Gasteiger partial charge >= 0.3 is 5.97 Å². The minimum atomic E-state index is -0.894. The van der Waals surface area contributed by atoms with E-state index < -0.39 is 11.0 Å². The monoisotopic (exact) mass is 631 g/mol. The van der Waals surface area contributed by atoms with Crippen LogP contribution in [0.25, 0.3) is 0 Å². The minimum absolute atomic E-state index is 0.0581. The summed E-state index contributed by atoms with van der Waals surface area (Å²) < 4.78 is 5.44. The van der Waals surface area contributed by atoms with Crippen LogP contribution in [0.5, 0.6) is 0 Å². The first kappa shape index (κ1) is 40.0. The van der Waals surface area contributed by atoms with E-state index in [0.29, 0.717) is 17.3 Å². The molecular formula is C41H74O4. The maximum Gasteiger partial charge on any atom is 0.312 e. The second-order valence-corrected chi connectivity index (χ2v) is 18.9. The van der Waals surface area contributed by atoms with Crippen molar-refractivity contribution in [3.63, 3.8) is 0 Å². The Morgan fingerprint density at radius 1 is 0.844 bits per heavy atom. The second-order valence-electron chi connectivity index (χ2n) is 18.9. The van der Waals surface area contributed by atoms with Crippen LogP contribution in [0.1, 0.15) is 168 Å². The van der Waals surface area contributed by atoms with Crippen LogP contribution in [-0.4, -0.2) is 29.6 Å². The first-order valence-corrected chi connectivity index (χ1v) is 18.5. The van der Waals surface area contributed by atoms with Crippen LogP contribution in [0.2, 0.25) is 0 Å². The fourth-order valence-corrected chi connectivity index (χ4v) is 10.9. The van der Waals surface area contributed by atoms with Crippen LogP contribution in [0.15, 0.2) is 12.2 Å². The van der Waals surface area contributed by atoms with Gasteiger partial charge in [-0.3, -0.25) is 9.59 Å². The molecule has 0 spiro atoms. The Kier molecular flexibility index (Phi) is 11.9. The lowest BCUT2D eigenvalue weighted by atomic mass is 9.30. The van der Waals surface area contributed by atoms with Gasteiger partial charge in [-0.25, -0.2) is 0 Å². The van der Waals surface area contributed by atoms with Crippen molar-refractivity contribution >= 4 is 11.8 Å². The summed E-state index contributed by atoms with van der Waals surface area (Å²) in [7, 11) is 1.52. The van der Waals surface area contributed by atoms with Crippen LogP contribution in [0, 0.1) is 55.7 Å². The third kappa shape index (κ3) is 6.63. The Labute approximate surface area is 279 Å². The molecule has 45 heavy (non-hydrogen) atoms. The molecule has 262 valence electrons. The average Bonchev–Trinajstić information content (AvgIpc) is 2.93. The third-order valence-electron chi connectivity index (χ3n) is 13.3. The van der Waals surface area contributed by atoms with Crippen molar-refractivity contribution in [2.75, 3.05) is 7.11 Å². The third-order valence-corrected chi connectivity index (χ3v) is 13.3. The van der Waals surface area contributed by atoms with Gasteiger partial charge in [0.2, 0.25) is 0 Å². The molecule has 0 aromatic rings. The van der Waals surface area contributed by atoms with E-state index in [0.717, 1.165) is 57.8 Å². The van der Waals surface area contributed by atoms with Crippen LogP contribution in [0.3, 0.4) is 0 Å². The molecule has 0 amide bonds. The molecule has 0 aromatic heterocycles. The van der Waals surface area contributed by atoms with Crippen LogP contribution < -0.4 is 0 Å². The number of methoxy groups -OCH3 is 1. The minimum Gasteiger partial charge on any atom is -0.469 e. The van der Waals surface area contributed by atoms with Gasteiger partial charge in [-0.15, -0.1) is 0 Å². The van der Waals surface area contributed by atoms with Crippen LogP contribution >= 0.6 is 0 Å². The van der Waals surface area contributed by atoms with Crippen molar-refractivity contribution in [3.05, 3.63) is 12.2 Å². The highest BCUT2D eigenvalue weighted by atomic mass is 16.5. The summed E-state index contributed by atoms with van der Waals surface area (Å²) in [4.78, 5) is 26.3. The summed E-state index contributed by atoms with van der Waals surface area (Å²) in [5, 5.41) is 12.9. The normalized spacial score (nSPS) is 42.2. The largest absolute Gasteiger partial charge is 0.469 e. The molecule has 0 saturated heterocycles. The lowest BCUT2D eigenvalue weighted by Gasteiger charge is -2.74. The number of fused-ring (bicyclic) bond motifs is 7. The molecule has 0 radical (unpaired) electrons. The molecule has 0 aliphatic heterocycles. The van der Waals surface area contributed by atoms with Crippen molar-refractivity contribution < 1.29 is 19.4 Å². The summed E-state index contributed by atoms with van der Waals surface area (Å²) in [5.41, 5.74) is -1.61. The molecule has 4 saturated carbocycles. The molecule has 4 nitrogen and oxygen atoms in total. The highest BCUT2D eigenvalue weighted by molar-refractivity contribution is 5.95. The van der Waals surface area contributed by atoms with Crippen LogP contribution in [0.4, 0.5) is 0 Å². The van der Waals surface area contributed by atoms with Crippen molar-refractivity contribution in [1.82, 2.24) is 0 Å². The molecule has 5 rings (SSSR count). The quantitative estimate of drug-likeness (QED) is 0.293. The van der Waals surface area contributed by atoms with E-state index in [9.17, 15) is 14.7 Å². The highest BCUT2D eigenvalue weighted by Crippen LogP contribution is 2.77. The summed E-state index contributed by atoms with van der Waals surface area (Å²) in [6, 6.07) is 0. The lowest BCUT2D eigenvalue weighted by molar-refractivity contribution is -0.303. The summed E-state index contributed by atoms with van der Waals surface area (Å²) >= 11 is 0. The molecule has 6 unspecified atom stereocenters. The zero-order valence-corrected chi connectivity index (χ0v) is 32.6. The van der Waals surface area contributed by atoms with Crippen LogP contribution in [-0.2, 0) is 14.3 Å². The number of esters is 1. The lowest BCUT2D eigenvalue weighted by Crippen LogP contribution is -2.74. The molecule has 0 bridgehead atoms. The van der Waals surface area contributed by atoms with E-state index in [1.165, 1.54) is 13.5 Å². The molecule has 1 N–H and O–H groups in total. The number of carbonyl (C=O) groups excluding carboxylic acids is 2. The Balaban J connectivity index is 0.000000624. The number of ether oxygens (including phenoxy) is 1. The Morgan fingerprint density at radius 2 is 1.33 bits per heavy atom. The average molecular weight is 631 g/mol. The maximum absolute atomic E-state index is 13.4. The number of hydrogen-bond acceptors (Lipinski definition) is 4. The number of aliphatic hydroxyl groups is 1. The van der Waals surface area contributed by atoms with Crippen molar-refractivity contribution in [2.45, 2.75) is 174 Å². The number of rotatable bonds is 1. The van der Waals surface area contributed by atoms with Gasteiger partial charge in [0.1, 0.15) is 0 Å². The van der Waals surface area contributed by atoms with E-state index in [4.69, 9.17) is 4.74 Å². The molecule has 8 atom stereocenters. The first-order valence-electron chi connectivity index (χ1n) is 18.5. The predicted octanol–water partition coefficient (Wildman–Crippen LogP) is 11.0. The number of carbonyl (C=O) groups is 2.